The predicted octanol–water partition coefficient (Wildman–Crippen LogP) is 6.33. The Morgan fingerprint density at radius 3 is 2.18 bits per heavy atom. The molecule has 3 amide bonds. The third-order valence-electron chi connectivity index (χ3n) is 12.0. The van der Waals surface area contributed by atoms with E-state index in [1.54, 1.807) is 29.0 Å². The summed E-state index contributed by atoms with van der Waals surface area (Å²) in [6.45, 7) is 11.5. The van der Waals surface area contributed by atoms with E-state index in [9.17, 15) is 34.5 Å². The number of aromatic nitrogens is 4. The minimum absolute atomic E-state index is 0.0459. The Morgan fingerprint density at radius 2 is 1.54 bits per heavy atom. The second-order valence-corrected chi connectivity index (χ2v) is 19.6. The molecule has 1 unspecified atom stereocenters. The van der Waals surface area contributed by atoms with Gasteiger partial charge in [0.15, 0.2) is 5.82 Å². The van der Waals surface area contributed by atoms with Gasteiger partial charge in [-0.05, 0) is 66.1 Å². The lowest BCUT2D eigenvalue weighted by Gasteiger charge is -2.35. The fourth-order valence-corrected chi connectivity index (χ4v) is 10.4. The van der Waals surface area contributed by atoms with E-state index in [-0.39, 0.29) is 32.5 Å². The van der Waals surface area contributed by atoms with Gasteiger partial charge < -0.3 is 30.9 Å². The average Bonchev–Trinajstić information content (AvgIpc) is 4.07. The number of rotatable bonds is 12. The molecule has 8 rings (SSSR count). The molecule has 0 bridgehead atoms. The van der Waals surface area contributed by atoms with Crippen molar-refractivity contribution in [2.24, 2.45) is 10.4 Å². The Morgan fingerprint density at radius 1 is 0.892 bits per heavy atom. The Kier molecular flexibility index (Phi) is 12.7. The van der Waals surface area contributed by atoms with Crippen LogP contribution in [0.1, 0.15) is 94.5 Å². The first-order chi connectivity index (χ1) is 31.0. The predicted molar refractivity (Wildman–Crippen MR) is 248 cm³/mol. The number of carbonyl (C=O) groups excluding carboxylic acids is 3. The highest BCUT2D eigenvalue weighted by molar-refractivity contribution is 7.15. The van der Waals surface area contributed by atoms with Gasteiger partial charge in [0.2, 0.25) is 11.8 Å². The SMILES string of the molecule is Cc1sc2c(c1C)C(c1ccc(-c3ccc(C(=O)NC(C(=O)N4C[C@H](O)C[C@H]4C(=O)NCc4ccc(-c5scnc5CO)cc4)C(C)(C)C)cc3)cc1)=N[C@@H](CC(=O)O)c1nnc(C)n1-2. The number of likely N-dealkylation sites (tertiary alicyclic amines) is 1. The number of aliphatic hydroxyl groups excluding tert-OH is 2. The third kappa shape index (κ3) is 9.14. The van der Waals surface area contributed by atoms with Crippen molar-refractivity contribution in [3.8, 4) is 26.6 Å². The quantitative estimate of drug-likeness (QED) is 0.0921. The summed E-state index contributed by atoms with van der Waals surface area (Å²) in [5.74, 6) is -1.16. The van der Waals surface area contributed by atoms with Gasteiger partial charge in [-0.3, -0.25) is 28.7 Å². The number of amides is 3. The molecule has 5 heterocycles. The first-order valence-corrected chi connectivity index (χ1v) is 22.9. The van der Waals surface area contributed by atoms with E-state index in [1.165, 1.54) is 16.2 Å². The molecule has 2 aliphatic rings. The van der Waals surface area contributed by atoms with E-state index >= 15 is 0 Å². The normalized spacial score (nSPS) is 17.4. The molecule has 15 nitrogen and oxygen atoms in total. The lowest BCUT2D eigenvalue weighted by molar-refractivity contribution is -0.142. The summed E-state index contributed by atoms with van der Waals surface area (Å²) in [5.41, 5.74) is 8.82. The average molecular weight is 915 g/mol. The largest absolute Gasteiger partial charge is 0.481 e. The summed E-state index contributed by atoms with van der Waals surface area (Å²) in [5, 5.41) is 45.4. The van der Waals surface area contributed by atoms with Crippen LogP contribution in [-0.4, -0.2) is 94.1 Å². The minimum Gasteiger partial charge on any atom is -0.481 e. The molecular weight excluding hydrogens is 865 g/mol. The molecule has 1 saturated heterocycles. The number of nitrogens with one attached hydrogen (secondary N) is 2. The Labute approximate surface area is 383 Å². The van der Waals surface area contributed by atoms with E-state index in [2.05, 4.69) is 25.8 Å². The van der Waals surface area contributed by atoms with Gasteiger partial charge in [0.1, 0.15) is 29.0 Å². The molecule has 0 spiro atoms. The van der Waals surface area contributed by atoms with Crippen molar-refractivity contribution in [2.45, 2.75) is 91.8 Å². The van der Waals surface area contributed by atoms with Crippen molar-refractivity contribution in [3.05, 3.63) is 128 Å². The van der Waals surface area contributed by atoms with Gasteiger partial charge in [-0.2, -0.15) is 0 Å². The summed E-state index contributed by atoms with van der Waals surface area (Å²) in [7, 11) is 0. The molecule has 6 aromatic rings. The number of thiophene rings is 1. The molecule has 1 fully saturated rings. The van der Waals surface area contributed by atoms with Gasteiger partial charge in [-0.25, -0.2) is 4.98 Å². The fraction of sp³-hybridized carbons (Fsp3) is 0.333. The van der Waals surface area contributed by atoms with Crippen LogP contribution >= 0.6 is 22.7 Å². The van der Waals surface area contributed by atoms with Crippen LogP contribution in [0.2, 0.25) is 0 Å². The highest BCUT2D eigenvalue weighted by Gasteiger charge is 2.44. The molecule has 3 aromatic heterocycles. The number of benzene rings is 3. The number of thiazole rings is 1. The standard InChI is InChI=1S/C48H50N8O7S2/c1-25-26(2)65-47-39(25)40(51-35(20-38(59)60)43-54-53-27(3)56(43)47)31-15-11-29(12-16-31)30-13-17-33(18-14-30)44(61)52-42(48(4,5)6)46(63)55-22-34(58)19-37(55)45(62)49-21-28-7-9-32(10-8-28)41-36(23-57)50-24-64-41/h7-18,24,34-35,37,42,57-58H,19-23H2,1-6H3,(H,49,62)(H,52,61)(H,59,60)/t34-,35+,37+,42?/m1/s1. The topological polar surface area (TPSA) is 212 Å². The number of aliphatic hydroxyl groups is 2. The monoisotopic (exact) mass is 914 g/mol. The van der Waals surface area contributed by atoms with Crippen molar-refractivity contribution < 1.29 is 34.5 Å². The van der Waals surface area contributed by atoms with E-state index < -0.39 is 53.3 Å². The number of hydrogen-bond acceptors (Lipinski definition) is 12. The molecule has 65 heavy (non-hydrogen) atoms. The molecule has 0 radical (unpaired) electrons. The van der Waals surface area contributed by atoms with Gasteiger partial charge in [0, 0.05) is 41.1 Å². The Bertz CT molecular complexity index is 2800. The number of aliphatic carboxylic acids is 1. The second kappa shape index (κ2) is 18.2. The molecule has 336 valence electrons. The first-order valence-electron chi connectivity index (χ1n) is 21.2. The molecule has 0 aliphatic carbocycles. The van der Waals surface area contributed by atoms with E-state index in [0.717, 1.165) is 53.7 Å². The van der Waals surface area contributed by atoms with Crippen molar-refractivity contribution in [2.75, 3.05) is 6.54 Å². The van der Waals surface area contributed by atoms with Crippen LogP contribution in [0.25, 0.3) is 26.6 Å². The maximum Gasteiger partial charge on any atom is 0.306 e. The van der Waals surface area contributed by atoms with E-state index in [4.69, 9.17) is 4.99 Å². The van der Waals surface area contributed by atoms with Gasteiger partial charge in [-0.1, -0.05) is 81.4 Å². The van der Waals surface area contributed by atoms with Gasteiger partial charge >= 0.3 is 5.97 Å². The number of nitrogens with zero attached hydrogens (tertiary/aromatic N) is 6. The van der Waals surface area contributed by atoms with Crippen molar-refractivity contribution in [1.29, 1.82) is 0 Å². The minimum atomic E-state index is -1.01. The highest BCUT2D eigenvalue weighted by atomic mass is 32.1. The molecule has 4 atom stereocenters. The number of carboxylic acids is 1. The summed E-state index contributed by atoms with van der Waals surface area (Å²) >= 11 is 3.03. The molecule has 0 saturated carbocycles. The summed E-state index contributed by atoms with van der Waals surface area (Å²) in [4.78, 5) is 66.2. The number of carbonyl (C=O) groups is 4. The second-order valence-electron chi connectivity index (χ2n) is 17.5. The lowest BCUT2D eigenvalue weighted by Crippen LogP contribution is -2.57. The summed E-state index contributed by atoms with van der Waals surface area (Å²) in [6.07, 6.45) is -1.08. The lowest BCUT2D eigenvalue weighted by atomic mass is 9.85. The zero-order chi connectivity index (χ0) is 46.3. The van der Waals surface area contributed by atoms with Crippen molar-refractivity contribution in [1.82, 2.24) is 35.3 Å². The number of hydrogen-bond donors (Lipinski definition) is 5. The number of carboxylic acid groups (broad SMARTS) is 1. The maximum atomic E-state index is 14.3. The Balaban J connectivity index is 0.950. The molecule has 3 aromatic carbocycles. The van der Waals surface area contributed by atoms with Gasteiger partial charge in [0.25, 0.3) is 5.91 Å². The third-order valence-corrected chi connectivity index (χ3v) is 14.1. The summed E-state index contributed by atoms with van der Waals surface area (Å²) < 4.78 is 1.92. The summed E-state index contributed by atoms with van der Waals surface area (Å²) in [6, 6.07) is 19.8. The number of fused-ring (bicyclic) bond motifs is 3. The number of β-amino-alcohol motifs (C(OH)–C–C–N with tert-alkyl or cyclic N) is 1. The zero-order valence-corrected chi connectivity index (χ0v) is 38.5. The maximum absolute atomic E-state index is 14.3. The van der Waals surface area contributed by atoms with Crippen LogP contribution in [0.3, 0.4) is 0 Å². The fourth-order valence-electron chi connectivity index (χ4n) is 8.36. The first kappa shape index (κ1) is 45.2. The highest BCUT2D eigenvalue weighted by Crippen LogP contribution is 2.40. The smallest absolute Gasteiger partial charge is 0.306 e. The molecule has 17 heteroatoms. The van der Waals surface area contributed by atoms with Crippen LogP contribution < -0.4 is 10.6 Å². The number of aryl methyl sites for hydroxylation is 2. The van der Waals surface area contributed by atoms with E-state index in [0.29, 0.717) is 28.6 Å². The van der Waals surface area contributed by atoms with Crippen LogP contribution in [0.4, 0.5) is 0 Å². The molecular formula is C48H50N8O7S2. The van der Waals surface area contributed by atoms with Crippen molar-refractivity contribution >= 4 is 52.1 Å². The zero-order valence-electron chi connectivity index (χ0n) is 36.8. The van der Waals surface area contributed by atoms with Crippen LogP contribution in [-0.2, 0) is 27.5 Å². The van der Waals surface area contributed by atoms with Crippen LogP contribution in [0.15, 0.2) is 83.3 Å². The van der Waals surface area contributed by atoms with Crippen LogP contribution in [0.5, 0.6) is 0 Å². The van der Waals surface area contributed by atoms with Gasteiger partial charge in [0.05, 0.1) is 40.9 Å². The Hall–Kier alpha value is -6.40. The van der Waals surface area contributed by atoms with Crippen LogP contribution in [0, 0.1) is 26.2 Å². The van der Waals surface area contributed by atoms with E-state index in [1.807, 2.05) is 107 Å². The number of aliphatic imine (C=N–C) groups is 1. The van der Waals surface area contributed by atoms with Gasteiger partial charge in [-0.15, -0.1) is 32.9 Å². The molecule has 5 N–H and O–H groups in total. The van der Waals surface area contributed by atoms with Crippen molar-refractivity contribution in [3.63, 3.8) is 0 Å². The molecule has 2 aliphatic heterocycles.